The SMILES string of the molecule is O=C(C1=CCCCCC1)C1(N2CCCC2)CCCC1. The summed E-state index contributed by atoms with van der Waals surface area (Å²) in [5.74, 6) is 0.508. The molecule has 0 atom stereocenters. The Labute approximate surface area is 117 Å². The molecule has 0 N–H and O–H groups in total. The van der Waals surface area contributed by atoms with Crippen molar-refractivity contribution in [3.05, 3.63) is 11.6 Å². The lowest BCUT2D eigenvalue weighted by molar-refractivity contribution is -0.126. The smallest absolute Gasteiger partial charge is 0.178 e. The van der Waals surface area contributed by atoms with Crippen LogP contribution in [0.25, 0.3) is 0 Å². The van der Waals surface area contributed by atoms with Gasteiger partial charge in [0.05, 0.1) is 5.54 Å². The van der Waals surface area contributed by atoms with E-state index in [9.17, 15) is 4.79 Å². The summed E-state index contributed by atoms with van der Waals surface area (Å²) in [5, 5.41) is 0. The lowest BCUT2D eigenvalue weighted by Crippen LogP contribution is -2.52. The van der Waals surface area contributed by atoms with Gasteiger partial charge in [0.2, 0.25) is 0 Å². The van der Waals surface area contributed by atoms with Crippen molar-refractivity contribution >= 4 is 5.78 Å². The minimum absolute atomic E-state index is 0.0906. The third-order valence-electron chi connectivity index (χ3n) is 5.40. The summed E-state index contributed by atoms with van der Waals surface area (Å²) in [6.07, 6.45) is 15.5. The fourth-order valence-corrected chi connectivity index (χ4v) is 4.31. The number of hydrogen-bond donors (Lipinski definition) is 0. The van der Waals surface area contributed by atoms with E-state index in [4.69, 9.17) is 0 Å². The molecule has 2 aliphatic carbocycles. The van der Waals surface area contributed by atoms with E-state index in [1.807, 2.05) is 0 Å². The van der Waals surface area contributed by atoms with E-state index >= 15 is 0 Å². The third kappa shape index (κ3) is 2.52. The Balaban J connectivity index is 1.82. The molecule has 0 unspecified atom stereocenters. The van der Waals surface area contributed by atoms with Crippen molar-refractivity contribution in [2.75, 3.05) is 13.1 Å². The van der Waals surface area contributed by atoms with Crippen LogP contribution in [0.1, 0.15) is 70.6 Å². The summed E-state index contributed by atoms with van der Waals surface area (Å²) in [7, 11) is 0. The maximum absolute atomic E-state index is 13.2. The predicted octanol–water partition coefficient (Wildman–Crippen LogP) is 3.85. The highest BCUT2D eigenvalue weighted by molar-refractivity contribution is 6.03. The van der Waals surface area contributed by atoms with E-state index in [0.29, 0.717) is 5.78 Å². The van der Waals surface area contributed by atoms with Gasteiger partial charge in [-0.05, 0) is 70.0 Å². The van der Waals surface area contributed by atoms with Gasteiger partial charge in [0.15, 0.2) is 5.78 Å². The van der Waals surface area contributed by atoms with Crippen molar-refractivity contribution < 1.29 is 4.79 Å². The first kappa shape index (κ1) is 13.4. The number of likely N-dealkylation sites (tertiary alicyclic amines) is 1. The highest BCUT2D eigenvalue weighted by Gasteiger charge is 2.47. The normalized spacial score (nSPS) is 28.1. The van der Waals surface area contributed by atoms with Crippen LogP contribution in [0.2, 0.25) is 0 Å². The Hall–Kier alpha value is -0.630. The number of Topliss-reactive ketones (excluding diaryl/α,β-unsaturated/α-hetero) is 1. The molecule has 3 aliphatic rings. The second-order valence-electron chi connectivity index (χ2n) is 6.59. The van der Waals surface area contributed by atoms with Gasteiger partial charge in [-0.15, -0.1) is 0 Å². The van der Waals surface area contributed by atoms with E-state index in [0.717, 1.165) is 38.8 Å². The minimum Gasteiger partial charge on any atom is -0.292 e. The summed E-state index contributed by atoms with van der Waals surface area (Å²) in [5.41, 5.74) is 1.08. The van der Waals surface area contributed by atoms with Crippen molar-refractivity contribution in [2.45, 2.75) is 76.2 Å². The second kappa shape index (κ2) is 5.78. The standard InChI is InChI=1S/C17H27NO/c19-16(15-9-3-1-2-4-10-15)17(11-5-6-12-17)18-13-7-8-14-18/h9H,1-8,10-14H2. The summed E-state index contributed by atoms with van der Waals surface area (Å²) in [4.78, 5) is 15.7. The molecule has 1 heterocycles. The molecule has 0 amide bonds. The molecule has 19 heavy (non-hydrogen) atoms. The van der Waals surface area contributed by atoms with Gasteiger partial charge in [-0.3, -0.25) is 9.69 Å². The van der Waals surface area contributed by atoms with E-state index in [1.54, 1.807) is 0 Å². The highest BCUT2D eigenvalue weighted by Crippen LogP contribution is 2.40. The second-order valence-corrected chi connectivity index (χ2v) is 6.59. The van der Waals surface area contributed by atoms with Crippen LogP contribution in [0.15, 0.2) is 11.6 Å². The van der Waals surface area contributed by atoms with Gasteiger partial charge in [0.25, 0.3) is 0 Å². The van der Waals surface area contributed by atoms with E-state index in [1.165, 1.54) is 50.5 Å². The van der Waals surface area contributed by atoms with Gasteiger partial charge in [0, 0.05) is 0 Å². The van der Waals surface area contributed by atoms with E-state index in [-0.39, 0.29) is 5.54 Å². The largest absolute Gasteiger partial charge is 0.292 e. The first-order chi connectivity index (χ1) is 9.33. The van der Waals surface area contributed by atoms with Crippen molar-refractivity contribution in [1.29, 1.82) is 0 Å². The topological polar surface area (TPSA) is 20.3 Å². The molecule has 0 aromatic heterocycles. The van der Waals surface area contributed by atoms with Gasteiger partial charge in [0.1, 0.15) is 0 Å². The molecule has 0 aromatic rings. The first-order valence-corrected chi connectivity index (χ1v) is 8.32. The van der Waals surface area contributed by atoms with Crippen molar-refractivity contribution in [1.82, 2.24) is 4.90 Å². The number of nitrogens with zero attached hydrogens (tertiary/aromatic N) is 1. The summed E-state index contributed by atoms with van der Waals surface area (Å²) in [6, 6.07) is 0. The van der Waals surface area contributed by atoms with Gasteiger partial charge in [-0.2, -0.15) is 0 Å². The molecular formula is C17H27NO. The molecule has 1 aliphatic heterocycles. The number of hydrogen-bond acceptors (Lipinski definition) is 2. The zero-order valence-corrected chi connectivity index (χ0v) is 12.1. The number of allylic oxidation sites excluding steroid dienone is 1. The van der Waals surface area contributed by atoms with Crippen molar-refractivity contribution in [3.8, 4) is 0 Å². The first-order valence-electron chi connectivity index (χ1n) is 8.32. The van der Waals surface area contributed by atoms with Gasteiger partial charge >= 0.3 is 0 Å². The van der Waals surface area contributed by atoms with E-state index in [2.05, 4.69) is 11.0 Å². The molecule has 2 heteroatoms. The van der Waals surface area contributed by atoms with Crippen molar-refractivity contribution in [2.24, 2.45) is 0 Å². The molecule has 106 valence electrons. The number of carbonyl (C=O) groups is 1. The summed E-state index contributed by atoms with van der Waals surface area (Å²) in [6.45, 7) is 2.30. The van der Waals surface area contributed by atoms with Crippen LogP contribution in [0, 0.1) is 0 Å². The van der Waals surface area contributed by atoms with Crippen LogP contribution in [0.4, 0.5) is 0 Å². The van der Waals surface area contributed by atoms with Crippen LogP contribution >= 0.6 is 0 Å². The lowest BCUT2D eigenvalue weighted by Gasteiger charge is -2.38. The molecule has 0 radical (unpaired) electrons. The average molecular weight is 261 g/mol. The monoisotopic (exact) mass is 261 g/mol. The number of ketones is 1. The molecule has 2 nitrogen and oxygen atoms in total. The molecule has 0 aromatic carbocycles. The van der Waals surface area contributed by atoms with Crippen LogP contribution in [0.3, 0.4) is 0 Å². The third-order valence-corrected chi connectivity index (χ3v) is 5.40. The molecular weight excluding hydrogens is 234 g/mol. The Bertz CT molecular complexity index is 359. The molecule has 3 rings (SSSR count). The van der Waals surface area contributed by atoms with Gasteiger partial charge in [-0.1, -0.05) is 25.3 Å². The zero-order valence-electron chi connectivity index (χ0n) is 12.1. The predicted molar refractivity (Wildman–Crippen MR) is 78.2 cm³/mol. The van der Waals surface area contributed by atoms with Gasteiger partial charge < -0.3 is 0 Å². The maximum atomic E-state index is 13.2. The zero-order chi connectivity index (χ0) is 13.1. The Morgan fingerprint density at radius 3 is 2.42 bits per heavy atom. The average Bonchev–Trinajstić information content (AvgIpc) is 3.05. The van der Waals surface area contributed by atoms with Crippen LogP contribution in [0.5, 0.6) is 0 Å². The quantitative estimate of drug-likeness (QED) is 0.769. The van der Waals surface area contributed by atoms with Gasteiger partial charge in [-0.25, -0.2) is 0 Å². The molecule has 2 fully saturated rings. The molecule has 0 bridgehead atoms. The van der Waals surface area contributed by atoms with Crippen LogP contribution in [-0.4, -0.2) is 29.3 Å². The number of rotatable bonds is 3. The van der Waals surface area contributed by atoms with Crippen LogP contribution < -0.4 is 0 Å². The molecule has 0 spiro atoms. The van der Waals surface area contributed by atoms with E-state index < -0.39 is 0 Å². The lowest BCUT2D eigenvalue weighted by atomic mass is 9.84. The minimum atomic E-state index is -0.0906. The fourth-order valence-electron chi connectivity index (χ4n) is 4.31. The van der Waals surface area contributed by atoms with Crippen LogP contribution in [-0.2, 0) is 4.79 Å². The maximum Gasteiger partial charge on any atom is 0.178 e. The summed E-state index contributed by atoms with van der Waals surface area (Å²) < 4.78 is 0. The Morgan fingerprint density at radius 1 is 0.947 bits per heavy atom. The van der Waals surface area contributed by atoms with Crippen molar-refractivity contribution in [3.63, 3.8) is 0 Å². The molecule has 1 saturated heterocycles. The Kier molecular flexibility index (Phi) is 4.07. The number of carbonyl (C=O) groups excluding carboxylic acids is 1. The molecule has 1 saturated carbocycles. The fraction of sp³-hybridized carbons (Fsp3) is 0.824. The Morgan fingerprint density at radius 2 is 1.68 bits per heavy atom. The summed E-state index contributed by atoms with van der Waals surface area (Å²) >= 11 is 0. The highest BCUT2D eigenvalue weighted by atomic mass is 16.1.